The molecule has 4 aliphatic heterocycles. The van der Waals surface area contributed by atoms with Gasteiger partial charge in [0.1, 0.15) is 11.8 Å². The molecule has 1 aromatic rings. The van der Waals surface area contributed by atoms with Crippen molar-refractivity contribution < 1.29 is 19.1 Å². The maximum Gasteiger partial charge on any atom is 0.255 e. The van der Waals surface area contributed by atoms with Gasteiger partial charge in [0.15, 0.2) is 0 Å². The second-order valence-corrected chi connectivity index (χ2v) is 7.69. The fraction of sp³-hybridized carbons (Fsp3) is 0.526. The van der Waals surface area contributed by atoms with Crippen LogP contribution in [-0.2, 0) is 21.5 Å². The van der Waals surface area contributed by atoms with Gasteiger partial charge in [0, 0.05) is 28.5 Å². The van der Waals surface area contributed by atoms with Crippen molar-refractivity contribution in [2.75, 3.05) is 19.7 Å². The van der Waals surface area contributed by atoms with Gasteiger partial charge in [0.2, 0.25) is 11.8 Å². The summed E-state index contributed by atoms with van der Waals surface area (Å²) in [6, 6.07) is 3.34. The van der Waals surface area contributed by atoms with E-state index >= 15 is 0 Å². The van der Waals surface area contributed by atoms with Crippen molar-refractivity contribution in [3.8, 4) is 5.75 Å². The summed E-state index contributed by atoms with van der Waals surface area (Å²) in [6.45, 7) is 2.98. The summed E-state index contributed by atoms with van der Waals surface area (Å²) in [7, 11) is 0. The third kappa shape index (κ3) is 2.13. The van der Waals surface area contributed by atoms with E-state index in [1.54, 1.807) is 4.90 Å². The molecule has 0 aromatic heterocycles. The molecule has 0 saturated carbocycles. The molecule has 26 heavy (non-hydrogen) atoms. The van der Waals surface area contributed by atoms with E-state index in [-0.39, 0.29) is 29.6 Å². The summed E-state index contributed by atoms with van der Waals surface area (Å²) in [5.74, 6) is 0.0435. The fourth-order valence-corrected chi connectivity index (χ4v) is 4.80. The van der Waals surface area contributed by atoms with Gasteiger partial charge in [-0.15, -0.1) is 0 Å². The normalized spacial score (nSPS) is 26.5. The first kappa shape index (κ1) is 15.8. The minimum absolute atomic E-state index is 0.0424. The lowest BCUT2D eigenvalue weighted by Gasteiger charge is -2.32. The maximum absolute atomic E-state index is 12.9. The van der Waals surface area contributed by atoms with Crippen molar-refractivity contribution in [3.05, 3.63) is 28.8 Å². The quantitative estimate of drug-likeness (QED) is 0.715. The largest absolute Gasteiger partial charge is 0.492 e. The van der Waals surface area contributed by atoms with Crippen molar-refractivity contribution in [1.29, 1.82) is 0 Å². The zero-order valence-corrected chi connectivity index (χ0v) is 14.5. The van der Waals surface area contributed by atoms with Crippen LogP contribution in [0.15, 0.2) is 12.1 Å². The molecule has 0 aliphatic carbocycles. The van der Waals surface area contributed by atoms with Gasteiger partial charge in [-0.05, 0) is 38.4 Å². The van der Waals surface area contributed by atoms with Crippen molar-refractivity contribution in [1.82, 2.24) is 15.5 Å². The topological polar surface area (TPSA) is 87.7 Å². The Morgan fingerprint density at radius 3 is 2.73 bits per heavy atom. The summed E-state index contributed by atoms with van der Waals surface area (Å²) in [4.78, 5) is 38.1. The summed E-state index contributed by atoms with van der Waals surface area (Å²) >= 11 is 0. The van der Waals surface area contributed by atoms with E-state index in [9.17, 15) is 14.4 Å². The summed E-state index contributed by atoms with van der Waals surface area (Å²) in [5.41, 5.74) is 2.77. The van der Waals surface area contributed by atoms with Gasteiger partial charge in [-0.3, -0.25) is 19.7 Å². The van der Waals surface area contributed by atoms with Crippen LogP contribution in [0.1, 0.15) is 47.2 Å². The van der Waals surface area contributed by atoms with Crippen LogP contribution in [0.2, 0.25) is 0 Å². The molecule has 7 nitrogen and oxygen atoms in total. The van der Waals surface area contributed by atoms with Crippen molar-refractivity contribution in [2.24, 2.45) is 0 Å². The Morgan fingerprint density at radius 1 is 1.15 bits per heavy atom. The van der Waals surface area contributed by atoms with Gasteiger partial charge < -0.3 is 15.0 Å². The highest BCUT2D eigenvalue weighted by Crippen LogP contribution is 2.48. The lowest BCUT2D eigenvalue weighted by molar-refractivity contribution is -0.136. The van der Waals surface area contributed by atoms with Crippen LogP contribution in [-0.4, -0.2) is 48.4 Å². The molecule has 4 aliphatic rings. The maximum atomic E-state index is 12.9. The first-order valence-electron chi connectivity index (χ1n) is 9.24. The SMILES string of the molecule is O=C1CC[C@H](N2Cc3c(ccc4c3OCC43CCNCC3)C2=O)C(=O)N1. The number of carbonyl (C=O) groups is 3. The molecule has 2 fully saturated rings. The minimum Gasteiger partial charge on any atom is -0.492 e. The molecule has 2 saturated heterocycles. The number of hydrogen-bond donors (Lipinski definition) is 2. The van der Waals surface area contributed by atoms with Crippen LogP contribution in [0.3, 0.4) is 0 Å². The molecule has 1 aromatic carbocycles. The van der Waals surface area contributed by atoms with Crippen LogP contribution in [0.4, 0.5) is 0 Å². The number of imide groups is 1. The predicted molar refractivity (Wildman–Crippen MR) is 91.8 cm³/mol. The van der Waals surface area contributed by atoms with E-state index in [0.29, 0.717) is 25.1 Å². The second-order valence-electron chi connectivity index (χ2n) is 7.69. The van der Waals surface area contributed by atoms with Crippen LogP contribution in [0.25, 0.3) is 0 Å². The highest BCUT2D eigenvalue weighted by molar-refractivity contribution is 6.05. The minimum atomic E-state index is -0.586. The molecular formula is C19H21N3O4. The van der Waals surface area contributed by atoms with Gasteiger partial charge in [0.05, 0.1) is 13.2 Å². The van der Waals surface area contributed by atoms with E-state index in [0.717, 1.165) is 37.2 Å². The molecule has 0 radical (unpaired) electrons. The lowest BCUT2D eigenvalue weighted by Crippen LogP contribution is -2.52. The number of benzene rings is 1. The number of amides is 3. The molecule has 4 heterocycles. The molecule has 2 N–H and O–H groups in total. The average Bonchev–Trinajstić information content (AvgIpc) is 3.15. The van der Waals surface area contributed by atoms with Crippen LogP contribution >= 0.6 is 0 Å². The van der Waals surface area contributed by atoms with Gasteiger partial charge in [-0.25, -0.2) is 0 Å². The number of nitrogens with zero attached hydrogens (tertiary/aromatic N) is 1. The third-order valence-corrected chi connectivity index (χ3v) is 6.29. The molecule has 3 amide bonds. The Balaban J connectivity index is 1.48. The summed E-state index contributed by atoms with van der Waals surface area (Å²) in [5, 5.41) is 5.74. The second kappa shape index (κ2) is 5.54. The van der Waals surface area contributed by atoms with Gasteiger partial charge in [-0.1, -0.05) is 6.07 Å². The Labute approximate surface area is 151 Å². The summed E-state index contributed by atoms with van der Waals surface area (Å²) < 4.78 is 6.10. The van der Waals surface area contributed by atoms with Gasteiger partial charge in [0.25, 0.3) is 5.91 Å². The van der Waals surface area contributed by atoms with E-state index in [1.807, 2.05) is 12.1 Å². The van der Waals surface area contributed by atoms with E-state index < -0.39 is 6.04 Å². The fourth-order valence-electron chi connectivity index (χ4n) is 4.80. The highest BCUT2D eigenvalue weighted by atomic mass is 16.5. The zero-order valence-electron chi connectivity index (χ0n) is 14.5. The van der Waals surface area contributed by atoms with Gasteiger partial charge in [-0.2, -0.15) is 0 Å². The standard InChI is InChI=1S/C19H21N3O4/c23-15-4-3-14(17(24)21-15)22-9-12-11(18(22)25)1-2-13-16(12)26-10-19(13)5-7-20-8-6-19/h1-2,14,20H,3-10H2,(H,21,23,24)/t14-/m0/s1. The number of rotatable bonds is 1. The number of hydrogen-bond acceptors (Lipinski definition) is 5. The van der Waals surface area contributed by atoms with E-state index in [2.05, 4.69) is 10.6 Å². The van der Waals surface area contributed by atoms with Gasteiger partial charge >= 0.3 is 0 Å². The number of fused-ring (bicyclic) bond motifs is 4. The number of carbonyl (C=O) groups excluding carboxylic acids is 3. The molecule has 0 bridgehead atoms. The molecule has 136 valence electrons. The van der Waals surface area contributed by atoms with Crippen molar-refractivity contribution >= 4 is 17.7 Å². The van der Waals surface area contributed by atoms with E-state index in [4.69, 9.17) is 4.74 Å². The summed E-state index contributed by atoms with van der Waals surface area (Å²) in [6.07, 6.45) is 2.71. The van der Waals surface area contributed by atoms with Crippen molar-refractivity contribution in [2.45, 2.75) is 43.7 Å². The Hall–Kier alpha value is -2.41. The molecule has 5 rings (SSSR count). The Kier molecular flexibility index (Phi) is 3.37. The Morgan fingerprint density at radius 2 is 1.96 bits per heavy atom. The first-order valence-corrected chi connectivity index (χ1v) is 9.24. The van der Waals surface area contributed by atoms with Crippen LogP contribution in [0.5, 0.6) is 5.75 Å². The number of ether oxygens (including phenoxy) is 1. The molecule has 1 spiro atoms. The number of nitrogens with one attached hydrogen (secondary N) is 2. The molecular weight excluding hydrogens is 334 g/mol. The zero-order chi connectivity index (χ0) is 17.9. The monoisotopic (exact) mass is 355 g/mol. The first-order chi connectivity index (χ1) is 12.6. The number of piperidine rings is 2. The molecule has 0 unspecified atom stereocenters. The molecule has 7 heteroatoms. The van der Waals surface area contributed by atoms with E-state index in [1.165, 1.54) is 5.56 Å². The van der Waals surface area contributed by atoms with Crippen molar-refractivity contribution in [3.63, 3.8) is 0 Å². The average molecular weight is 355 g/mol. The Bertz CT molecular complexity index is 828. The predicted octanol–water partition coefficient (Wildman–Crippen LogP) is 0.461. The highest BCUT2D eigenvalue weighted by Gasteiger charge is 2.46. The molecule has 1 atom stereocenters. The third-order valence-electron chi connectivity index (χ3n) is 6.29. The smallest absolute Gasteiger partial charge is 0.255 e. The van der Waals surface area contributed by atoms with Crippen LogP contribution < -0.4 is 15.4 Å². The lowest BCUT2D eigenvalue weighted by atomic mass is 9.74. The van der Waals surface area contributed by atoms with Crippen LogP contribution in [0, 0.1) is 0 Å².